The van der Waals surface area contributed by atoms with Crippen molar-refractivity contribution in [2.24, 2.45) is 0 Å². The molecule has 1 atom stereocenters. The third-order valence-corrected chi connectivity index (χ3v) is 5.13. The molecule has 1 unspecified atom stereocenters. The summed E-state index contributed by atoms with van der Waals surface area (Å²) in [7, 11) is 4.26. The lowest BCUT2D eigenvalue weighted by Crippen LogP contribution is -2.46. The first kappa shape index (κ1) is 25.8. The smallest absolute Gasteiger partial charge is 0.0667 e. The second-order valence-electron chi connectivity index (χ2n) is 7.25. The van der Waals surface area contributed by atoms with Gasteiger partial charge in [-0.25, -0.2) is 0 Å². The van der Waals surface area contributed by atoms with Crippen LogP contribution in [0.2, 0.25) is 0 Å². The van der Waals surface area contributed by atoms with E-state index in [2.05, 4.69) is 26.6 Å². The van der Waals surface area contributed by atoms with Crippen LogP contribution in [0.5, 0.6) is 0 Å². The number of hydrogen-bond donors (Lipinski definition) is 1. The van der Waals surface area contributed by atoms with Crippen LogP contribution in [0.3, 0.4) is 0 Å². The molecule has 1 N–H and O–H groups in total. The normalized spacial score (nSPS) is 25.3. The van der Waals surface area contributed by atoms with Crippen LogP contribution in [0.15, 0.2) is 0 Å². The van der Waals surface area contributed by atoms with Gasteiger partial charge in [0.25, 0.3) is 0 Å². The van der Waals surface area contributed by atoms with Crippen molar-refractivity contribution < 1.29 is 5.11 Å². The SMILES string of the molecule is CC.CC.CN1CCCC(O)C1.CN1CCN(CCN2CCCC2)CC1. The number of piperazine rings is 1. The summed E-state index contributed by atoms with van der Waals surface area (Å²) in [6, 6.07) is 0. The lowest BCUT2D eigenvalue weighted by molar-refractivity contribution is 0.0846. The molecule has 0 aromatic rings. The molecule has 0 spiro atoms. The largest absolute Gasteiger partial charge is 0.392 e. The van der Waals surface area contributed by atoms with Crippen LogP contribution < -0.4 is 0 Å². The van der Waals surface area contributed by atoms with E-state index in [-0.39, 0.29) is 6.10 Å². The second-order valence-corrected chi connectivity index (χ2v) is 7.25. The molecule has 0 amide bonds. The monoisotopic (exact) mass is 372 g/mol. The minimum atomic E-state index is -0.0613. The van der Waals surface area contributed by atoms with Gasteiger partial charge in [-0.2, -0.15) is 0 Å². The minimum absolute atomic E-state index is 0.0613. The summed E-state index contributed by atoms with van der Waals surface area (Å²) in [5, 5.41) is 9.04. The van der Waals surface area contributed by atoms with Crippen LogP contribution in [0, 0.1) is 0 Å². The number of nitrogens with zero attached hydrogens (tertiary/aromatic N) is 4. The van der Waals surface area contributed by atoms with Gasteiger partial charge in [0.1, 0.15) is 0 Å². The molecule has 3 aliphatic rings. The molecule has 3 fully saturated rings. The standard InChI is InChI=1S/C11H23N3.C6H13NO.2C2H6/c1-12-6-8-14(9-7-12)11-10-13-4-2-3-5-13;1-7-4-2-3-6(8)5-7;2*1-2/h2-11H2,1H3;6,8H,2-5H2,1H3;2*1-2H3. The fourth-order valence-corrected chi connectivity index (χ4v) is 3.50. The Hall–Kier alpha value is -0.200. The van der Waals surface area contributed by atoms with Gasteiger partial charge in [-0.15, -0.1) is 0 Å². The number of aliphatic hydroxyl groups is 1. The number of hydrogen-bond acceptors (Lipinski definition) is 5. The highest BCUT2D eigenvalue weighted by molar-refractivity contribution is 4.72. The zero-order valence-electron chi connectivity index (χ0n) is 18.7. The molecule has 3 rings (SSSR count). The van der Waals surface area contributed by atoms with Crippen molar-refractivity contribution in [1.29, 1.82) is 0 Å². The number of rotatable bonds is 3. The summed E-state index contributed by atoms with van der Waals surface area (Å²) in [6.45, 7) is 20.3. The van der Waals surface area contributed by atoms with E-state index in [1.54, 1.807) is 0 Å². The molecular weight excluding hydrogens is 324 g/mol. The molecule has 0 aromatic heterocycles. The Morgan fingerprint density at radius 2 is 1.15 bits per heavy atom. The Bertz CT molecular complexity index is 282. The Labute approximate surface area is 164 Å². The van der Waals surface area contributed by atoms with Gasteiger partial charge < -0.3 is 19.8 Å². The van der Waals surface area contributed by atoms with Gasteiger partial charge in [0.15, 0.2) is 0 Å². The quantitative estimate of drug-likeness (QED) is 0.823. The summed E-state index contributed by atoms with van der Waals surface area (Å²) < 4.78 is 0. The van der Waals surface area contributed by atoms with Crippen molar-refractivity contribution in [1.82, 2.24) is 19.6 Å². The van der Waals surface area contributed by atoms with Crippen molar-refractivity contribution in [3.8, 4) is 0 Å². The summed E-state index contributed by atoms with van der Waals surface area (Å²) in [5.74, 6) is 0. The lowest BCUT2D eigenvalue weighted by atomic mass is 10.1. The molecule has 3 heterocycles. The maximum absolute atomic E-state index is 9.04. The van der Waals surface area contributed by atoms with Crippen LogP contribution >= 0.6 is 0 Å². The van der Waals surface area contributed by atoms with Crippen molar-refractivity contribution >= 4 is 0 Å². The van der Waals surface area contributed by atoms with Gasteiger partial charge in [-0.3, -0.25) is 4.90 Å². The van der Waals surface area contributed by atoms with Gasteiger partial charge in [-0.1, -0.05) is 27.7 Å². The third-order valence-electron chi connectivity index (χ3n) is 5.13. The molecule has 0 radical (unpaired) electrons. The Kier molecular flexibility index (Phi) is 16.8. The van der Waals surface area contributed by atoms with Gasteiger partial charge in [-0.05, 0) is 59.4 Å². The molecule has 0 aromatic carbocycles. The van der Waals surface area contributed by atoms with Crippen LogP contribution in [0.1, 0.15) is 53.4 Å². The third kappa shape index (κ3) is 12.2. The fourth-order valence-electron chi connectivity index (χ4n) is 3.50. The molecule has 5 nitrogen and oxygen atoms in total. The van der Waals surface area contributed by atoms with E-state index in [9.17, 15) is 0 Å². The Balaban J connectivity index is 0.000000444. The molecule has 3 aliphatic heterocycles. The number of β-amino-alcohol motifs (C(OH)–C–C–N with tert-alkyl or cyclic N) is 1. The number of aliphatic hydroxyl groups excluding tert-OH is 1. The van der Waals surface area contributed by atoms with Crippen LogP contribution in [-0.2, 0) is 0 Å². The van der Waals surface area contributed by atoms with Crippen LogP contribution in [0.25, 0.3) is 0 Å². The Morgan fingerprint density at radius 1 is 0.654 bits per heavy atom. The summed E-state index contributed by atoms with van der Waals surface area (Å²) >= 11 is 0. The molecule has 3 saturated heterocycles. The Morgan fingerprint density at radius 3 is 1.58 bits per heavy atom. The molecule has 5 heteroatoms. The summed E-state index contributed by atoms with van der Waals surface area (Å²) in [6.07, 6.45) is 4.92. The fraction of sp³-hybridized carbons (Fsp3) is 1.00. The number of likely N-dealkylation sites (tertiary alicyclic amines) is 2. The van der Waals surface area contributed by atoms with Gasteiger partial charge in [0.05, 0.1) is 6.10 Å². The van der Waals surface area contributed by atoms with Gasteiger partial charge in [0.2, 0.25) is 0 Å². The maximum Gasteiger partial charge on any atom is 0.0667 e. The van der Waals surface area contributed by atoms with Crippen molar-refractivity contribution in [3.05, 3.63) is 0 Å². The summed E-state index contributed by atoms with van der Waals surface area (Å²) in [5.41, 5.74) is 0. The molecule has 0 bridgehead atoms. The number of piperidine rings is 1. The topological polar surface area (TPSA) is 33.2 Å². The highest BCUT2D eigenvalue weighted by atomic mass is 16.3. The first-order valence-electron chi connectivity index (χ1n) is 11.1. The highest BCUT2D eigenvalue weighted by Crippen LogP contribution is 2.07. The van der Waals surface area contributed by atoms with Gasteiger partial charge in [0, 0.05) is 45.8 Å². The van der Waals surface area contributed by atoms with E-state index < -0.39 is 0 Å². The van der Waals surface area contributed by atoms with Gasteiger partial charge >= 0.3 is 0 Å². The average Bonchev–Trinajstić information content (AvgIpc) is 3.19. The predicted octanol–water partition coefficient (Wildman–Crippen LogP) is 2.45. The number of likely N-dealkylation sites (N-methyl/N-ethyl adjacent to an activating group) is 2. The van der Waals surface area contributed by atoms with E-state index in [0.29, 0.717) is 0 Å². The van der Waals surface area contributed by atoms with E-state index in [1.165, 1.54) is 65.2 Å². The lowest BCUT2D eigenvalue weighted by Gasteiger charge is -2.33. The highest BCUT2D eigenvalue weighted by Gasteiger charge is 2.16. The van der Waals surface area contributed by atoms with Crippen molar-refractivity contribution in [3.63, 3.8) is 0 Å². The van der Waals surface area contributed by atoms with Crippen LogP contribution in [0.4, 0.5) is 0 Å². The molecule has 0 aliphatic carbocycles. The first-order chi connectivity index (χ1) is 12.6. The van der Waals surface area contributed by atoms with Crippen LogP contribution in [-0.4, -0.2) is 110 Å². The van der Waals surface area contributed by atoms with E-state index >= 15 is 0 Å². The zero-order valence-corrected chi connectivity index (χ0v) is 18.7. The molecule has 158 valence electrons. The molecule has 26 heavy (non-hydrogen) atoms. The van der Waals surface area contributed by atoms with E-state index in [4.69, 9.17) is 5.11 Å². The van der Waals surface area contributed by atoms with Crippen molar-refractivity contribution in [2.45, 2.75) is 59.5 Å². The average molecular weight is 373 g/mol. The van der Waals surface area contributed by atoms with E-state index in [1.807, 2.05) is 34.7 Å². The molecular formula is C21H48N4O. The molecule has 0 saturated carbocycles. The van der Waals surface area contributed by atoms with Crippen molar-refractivity contribution in [2.75, 3.05) is 79.5 Å². The van der Waals surface area contributed by atoms with E-state index in [0.717, 1.165) is 25.9 Å². The second kappa shape index (κ2) is 16.9. The maximum atomic E-state index is 9.04. The first-order valence-corrected chi connectivity index (χ1v) is 11.1. The minimum Gasteiger partial charge on any atom is -0.392 e. The predicted molar refractivity (Wildman–Crippen MR) is 115 cm³/mol. The zero-order chi connectivity index (χ0) is 19.8. The summed E-state index contributed by atoms with van der Waals surface area (Å²) in [4.78, 5) is 9.80.